The van der Waals surface area contributed by atoms with E-state index in [-0.39, 0.29) is 18.1 Å². The summed E-state index contributed by atoms with van der Waals surface area (Å²) in [6, 6.07) is 10.9. The summed E-state index contributed by atoms with van der Waals surface area (Å²) in [5, 5.41) is 3.95. The number of fused-ring (bicyclic) bond motifs is 1. The zero-order chi connectivity index (χ0) is 20.4. The van der Waals surface area contributed by atoms with E-state index in [1.807, 2.05) is 30.5 Å². The highest BCUT2D eigenvalue weighted by atomic mass is 19.2. The maximum atomic E-state index is 13.4. The molecule has 0 saturated carbocycles. The van der Waals surface area contributed by atoms with Crippen LogP contribution < -0.4 is 10.2 Å². The third-order valence-corrected chi connectivity index (χ3v) is 5.04. The lowest BCUT2D eigenvalue weighted by molar-refractivity contribution is -0.121. The fraction of sp³-hybridized carbons (Fsp3) is 0.238. The molecule has 1 aliphatic rings. The lowest BCUT2D eigenvalue weighted by Gasteiger charge is -2.18. The summed E-state index contributed by atoms with van der Waals surface area (Å²) in [4.78, 5) is 30.7. The van der Waals surface area contributed by atoms with Crippen molar-refractivity contribution in [3.05, 3.63) is 65.9 Å². The first kappa shape index (κ1) is 18.9. The average molecular weight is 398 g/mol. The smallest absolute Gasteiger partial charge is 0.325 e. The van der Waals surface area contributed by atoms with E-state index in [2.05, 4.69) is 10.3 Å². The normalized spacial score (nSPS) is 14.1. The Morgan fingerprint density at radius 1 is 1.10 bits per heavy atom. The monoisotopic (exact) mass is 398 g/mol. The van der Waals surface area contributed by atoms with E-state index in [9.17, 15) is 18.4 Å². The van der Waals surface area contributed by atoms with Gasteiger partial charge in [-0.25, -0.2) is 13.6 Å². The van der Waals surface area contributed by atoms with Gasteiger partial charge in [-0.15, -0.1) is 0 Å². The van der Waals surface area contributed by atoms with Gasteiger partial charge in [-0.05, 0) is 30.2 Å². The highest BCUT2D eigenvalue weighted by molar-refractivity contribution is 5.96. The fourth-order valence-corrected chi connectivity index (χ4v) is 3.53. The molecule has 1 saturated heterocycles. The van der Waals surface area contributed by atoms with E-state index >= 15 is 0 Å². The van der Waals surface area contributed by atoms with Gasteiger partial charge in [0.15, 0.2) is 11.6 Å². The molecule has 4 rings (SSSR count). The number of hydrogen-bond donors (Lipinski definition) is 2. The van der Waals surface area contributed by atoms with Crippen molar-refractivity contribution in [1.29, 1.82) is 0 Å². The Kier molecular flexibility index (Phi) is 5.16. The van der Waals surface area contributed by atoms with Crippen molar-refractivity contribution in [1.82, 2.24) is 15.2 Å². The van der Waals surface area contributed by atoms with Crippen LogP contribution in [0.5, 0.6) is 0 Å². The highest BCUT2D eigenvalue weighted by Crippen LogP contribution is 2.22. The first-order chi connectivity index (χ1) is 14.0. The third kappa shape index (κ3) is 3.91. The number of aromatic amines is 1. The number of urea groups is 1. The van der Waals surface area contributed by atoms with E-state index in [4.69, 9.17) is 0 Å². The molecule has 1 fully saturated rings. The largest absolute Gasteiger partial charge is 0.361 e. The molecule has 0 aliphatic carbocycles. The van der Waals surface area contributed by atoms with Crippen LogP contribution in [0.4, 0.5) is 19.3 Å². The molecule has 0 bridgehead atoms. The number of benzene rings is 2. The van der Waals surface area contributed by atoms with Crippen molar-refractivity contribution in [3.63, 3.8) is 0 Å². The molecule has 3 amide bonds. The van der Waals surface area contributed by atoms with Crippen LogP contribution in [0.2, 0.25) is 0 Å². The molecule has 2 N–H and O–H groups in total. The van der Waals surface area contributed by atoms with Crippen LogP contribution in [-0.4, -0.2) is 48.0 Å². The summed E-state index contributed by atoms with van der Waals surface area (Å²) in [7, 11) is 0. The number of amides is 3. The van der Waals surface area contributed by atoms with Gasteiger partial charge in [-0.3, -0.25) is 9.69 Å². The number of hydrogen-bond acceptors (Lipinski definition) is 2. The topological polar surface area (TPSA) is 68.4 Å². The summed E-state index contributed by atoms with van der Waals surface area (Å²) in [6.07, 6.45) is 2.60. The summed E-state index contributed by atoms with van der Waals surface area (Å²) < 4.78 is 26.5. The number of anilines is 1. The second-order valence-corrected chi connectivity index (χ2v) is 6.91. The Labute approximate surface area is 166 Å². The molecule has 8 heteroatoms. The van der Waals surface area contributed by atoms with Crippen LogP contribution in [0.3, 0.4) is 0 Å². The predicted molar refractivity (Wildman–Crippen MR) is 106 cm³/mol. The number of nitrogens with zero attached hydrogens (tertiary/aromatic N) is 2. The first-order valence-electron chi connectivity index (χ1n) is 9.36. The molecular formula is C21H20F2N4O2. The van der Waals surface area contributed by atoms with Gasteiger partial charge in [0, 0.05) is 48.5 Å². The third-order valence-electron chi connectivity index (χ3n) is 5.04. The zero-order valence-electron chi connectivity index (χ0n) is 15.6. The Balaban J connectivity index is 1.29. The number of rotatable bonds is 6. The summed E-state index contributed by atoms with van der Waals surface area (Å²) in [6.45, 7) is 1.03. The van der Waals surface area contributed by atoms with Gasteiger partial charge in [0.25, 0.3) is 0 Å². The minimum absolute atomic E-state index is 0.0765. The number of nitrogens with one attached hydrogen (secondary N) is 2. The number of carbonyl (C=O) groups excluding carboxylic acids is 2. The molecule has 1 aliphatic heterocycles. The van der Waals surface area contributed by atoms with E-state index in [1.165, 1.54) is 15.9 Å². The van der Waals surface area contributed by atoms with Gasteiger partial charge >= 0.3 is 6.03 Å². The molecule has 0 spiro atoms. The average Bonchev–Trinajstić information content (AvgIpc) is 3.28. The van der Waals surface area contributed by atoms with Crippen LogP contribution in [-0.2, 0) is 11.2 Å². The molecule has 0 atom stereocenters. The molecule has 150 valence electrons. The van der Waals surface area contributed by atoms with Crippen molar-refractivity contribution in [2.75, 3.05) is 31.1 Å². The molecule has 29 heavy (non-hydrogen) atoms. The molecule has 0 unspecified atom stereocenters. The number of carbonyl (C=O) groups is 2. The number of para-hydroxylation sites is 1. The number of H-pyrrole nitrogens is 1. The summed E-state index contributed by atoms with van der Waals surface area (Å²) in [5.41, 5.74) is 2.44. The van der Waals surface area contributed by atoms with Gasteiger partial charge in [0.05, 0.1) is 0 Å². The van der Waals surface area contributed by atoms with Crippen molar-refractivity contribution in [2.24, 2.45) is 0 Å². The maximum Gasteiger partial charge on any atom is 0.325 e. The lowest BCUT2D eigenvalue weighted by atomic mass is 10.1. The Morgan fingerprint density at radius 2 is 1.93 bits per heavy atom. The minimum atomic E-state index is -1.01. The first-order valence-corrected chi connectivity index (χ1v) is 9.36. The minimum Gasteiger partial charge on any atom is -0.361 e. The van der Waals surface area contributed by atoms with E-state index in [0.717, 1.165) is 28.6 Å². The molecule has 0 radical (unpaired) electrons. The SMILES string of the molecule is O=C(CN1CCN(c2ccc(F)c(F)c2)C1=O)NCCc1c[nH]c2ccccc12. The van der Waals surface area contributed by atoms with Gasteiger partial charge < -0.3 is 15.2 Å². The summed E-state index contributed by atoms with van der Waals surface area (Å²) >= 11 is 0. The second kappa shape index (κ2) is 7.90. The number of aromatic nitrogens is 1. The van der Waals surface area contributed by atoms with Gasteiger partial charge in [-0.2, -0.15) is 0 Å². The summed E-state index contributed by atoms with van der Waals surface area (Å²) in [5.74, 6) is -2.24. The van der Waals surface area contributed by atoms with E-state index < -0.39 is 17.7 Å². The van der Waals surface area contributed by atoms with Gasteiger partial charge in [0.2, 0.25) is 5.91 Å². The standard InChI is InChI=1S/C21H20F2N4O2/c22-17-6-5-15(11-18(17)23)27-10-9-26(21(27)29)13-20(28)24-8-7-14-12-25-19-4-2-1-3-16(14)19/h1-6,11-12,25H,7-10,13H2,(H,24,28). The molecule has 1 aromatic heterocycles. The molecule has 2 heterocycles. The molecule has 2 aromatic carbocycles. The Morgan fingerprint density at radius 3 is 2.76 bits per heavy atom. The molecular weight excluding hydrogens is 378 g/mol. The second-order valence-electron chi connectivity index (χ2n) is 6.91. The van der Waals surface area contributed by atoms with Gasteiger partial charge in [0.1, 0.15) is 6.54 Å². The van der Waals surface area contributed by atoms with Crippen molar-refractivity contribution >= 4 is 28.5 Å². The van der Waals surface area contributed by atoms with Crippen LogP contribution in [0.25, 0.3) is 10.9 Å². The zero-order valence-corrected chi connectivity index (χ0v) is 15.6. The molecule has 3 aromatic rings. The fourth-order valence-electron chi connectivity index (χ4n) is 3.53. The van der Waals surface area contributed by atoms with Crippen LogP contribution in [0.15, 0.2) is 48.7 Å². The van der Waals surface area contributed by atoms with E-state index in [1.54, 1.807) is 0 Å². The van der Waals surface area contributed by atoms with Crippen molar-refractivity contribution in [2.45, 2.75) is 6.42 Å². The predicted octanol–water partition coefficient (Wildman–Crippen LogP) is 3.05. The van der Waals surface area contributed by atoms with E-state index in [0.29, 0.717) is 26.1 Å². The highest BCUT2D eigenvalue weighted by Gasteiger charge is 2.31. The van der Waals surface area contributed by atoms with Gasteiger partial charge in [-0.1, -0.05) is 18.2 Å². The van der Waals surface area contributed by atoms with Crippen molar-refractivity contribution in [3.8, 4) is 0 Å². The quantitative estimate of drug-likeness (QED) is 0.670. The molecule has 6 nitrogen and oxygen atoms in total. The maximum absolute atomic E-state index is 13.4. The van der Waals surface area contributed by atoms with Crippen LogP contribution >= 0.6 is 0 Å². The lowest BCUT2D eigenvalue weighted by Crippen LogP contribution is -2.40. The van der Waals surface area contributed by atoms with Crippen LogP contribution in [0.1, 0.15) is 5.56 Å². The Bertz CT molecular complexity index is 1070. The van der Waals surface area contributed by atoms with Crippen LogP contribution in [0, 0.1) is 11.6 Å². The number of halogens is 2. The van der Waals surface area contributed by atoms with Crippen molar-refractivity contribution < 1.29 is 18.4 Å². The Hall–Kier alpha value is -3.42.